The van der Waals surface area contributed by atoms with E-state index in [-0.39, 0.29) is 17.3 Å². The Balaban J connectivity index is 1.45. The lowest BCUT2D eigenvalue weighted by Gasteiger charge is -2.31. The van der Waals surface area contributed by atoms with Crippen molar-refractivity contribution in [2.45, 2.75) is 55.2 Å². The fourth-order valence-corrected chi connectivity index (χ4v) is 5.01. The second kappa shape index (κ2) is 8.49. The summed E-state index contributed by atoms with van der Waals surface area (Å²) in [5.74, 6) is 0.952. The van der Waals surface area contributed by atoms with Crippen LogP contribution < -0.4 is 5.32 Å². The third-order valence-corrected chi connectivity index (χ3v) is 6.68. The fraction of sp³-hybridized carbons (Fsp3) is 0.812. The van der Waals surface area contributed by atoms with Crippen LogP contribution in [-0.2, 0) is 9.53 Å². The van der Waals surface area contributed by atoms with Crippen LogP contribution in [0.25, 0.3) is 0 Å². The van der Waals surface area contributed by atoms with Gasteiger partial charge in [-0.25, -0.2) is 0 Å². The van der Waals surface area contributed by atoms with E-state index in [2.05, 4.69) is 22.4 Å². The van der Waals surface area contributed by atoms with Crippen LogP contribution in [0, 0.1) is 5.92 Å². The predicted octanol–water partition coefficient (Wildman–Crippen LogP) is 2.87. The molecule has 2 unspecified atom stereocenters. The average Bonchev–Trinajstić information content (AvgIpc) is 3.24. The van der Waals surface area contributed by atoms with Crippen LogP contribution in [-0.4, -0.2) is 58.6 Å². The monoisotopic (exact) mass is 370 g/mol. The summed E-state index contributed by atoms with van der Waals surface area (Å²) in [4.78, 5) is 14.5. The predicted molar refractivity (Wildman–Crippen MR) is 97.7 cm³/mol. The Kier molecular flexibility index (Phi) is 6.35. The number of hydrogen-bond acceptors (Lipinski definition) is 7. The van der Waals surface area contributed by atoms with Gasteiger partial charge in [0.05, 0.1) is 11.4 Å². The van der Waals surface area contributed by atoms with Gasteiger partial charge in [0.15, 0.2) is 4.34 Å². The lowest BCUT2D eigenvalue weighted by atomic mass is 9.99. The molecule has 2 aliphatic rings. The van der Waals surface area contributed by atoms with Crippen molar-refractivity contribution in [1.82, 2.24) is 15.1 Å². The maximum Gasteiger partial charge on any atom is 0.235 e. The Morgan fingerprint density at radius 1 is 1.42 bits per heavy atom. The SMILES string of the molecule is CC1CCN(C(=O)C(C)Sc2nnc(NCC3CCCO3)s2)CC1. The fourth-order valence-electron chi connectivity index (χ4n) is 3.02. The highest BCUT2D eigenvalue weighted by Gasteiger charge is 2.26. The normalized spacial score (nSPS) is 23.4. The van der Waals surface area contributed by atoms with E-state index in [0.717, 1.165) is 67.3 Å². The molecule has 1 aromatic heterocycles. The minimum atomic E-state index is -0.114. The first-order chi connectivity index (χ1) is 11.6. The Labute approximate surface area is 151 Å². The molecule has 6 nitrogen and oxygen atoms in total. The topological polar surface area (TPSA) is 67.4 Å². The highest BCUT2D eigenvalue weighted by atomic mass is 32.2. The molecular formula is C16H26N4O2S2. The number of carbonyl (C=O) groups is 1. The van der Waals surface area contributed by atoms with Crippen LogP contribution in [0.5, 0.6) is 0 Å². The summed E-state index contributed by atoms with van der Waals surface area (Å²) >= 11 is 3.02. The number of rotatable bonds is 6. The van der Waals surface area contributed by atoms with Crippen molar-refractivity contribution in [3.63, 3.8) is 0 Å². The van der Waals surface area contributed by atoms with Gasteiger partial charge in [0.2, 0.25) is 11.0 Å². The summed E-state index contributed by atoms with van der Waals surface area (Å²) < 4.78 is 6.43. The highest BCUT2D eigenvalue weighted by molar-refractivity contribution is 8.02. The van der Waals surface area contributed by atoms with E-state index in [4.69, 9.17) is 4.74 Å². The molecule has 0 aromatic carbocycles. The second-order valence-electron chi connectivity index (χ2n) is 6.66. The van der Waals surface area contributed by atoms with Crippen LogP contribution >= 0.6 is 23.1 Å². The van der Waals surface area contributed by atoms with Gasteiger partial charge < -0.3 is 15.0 Å². The molecule has 0 aliphatic carbocycles. The summed E-state index contributed by atoms with van der Waals surface area (Å²) in [7, 11) is 0. The molecule has 1 N–H and O–H groups in total. The summed E-state index contributed by atoms with van der Waals surface area (Å²) in [5, 5.41) is 12.3. The Morgan fingerprint density at radius 2 is 2.21 bits per heavy atom. The molecule has 2 saturated heterocycles. The van der Waals surface area contributed by atoms with Crippen molar-refractivity contribution in [3.8, 4) is 0 Å². The summed E-state index contributed by atoms with van der Waals surface area (Å²) in [6, 6.07) is 0. The van der Waals surface area contributed by atoms with E-state index >= 15 is 0 Å². The van der Waals surface area contributed by atoms with E-state index in [9.17, 15) is 4.79 Å². The molecule has 2 fully saturated rings. The van der Waals surface area contributed by atoms with Gasteiger partial charge in [0.25, 0.3) is 0 Å². The van der Waals surface area contributed by atoms with Gasteiger partial charge in [-0.2, -0.15) is 0 Å². The smallest absolute Gasteiger partial charge is 0.235 e. The third-order valence-electron chi connectivity index (χ3n) is 4.63. The molecule has 1 amide bonds. The molecule has 3 rings (SSSR count). The molecule has 1 aromatic rings. The first kappa shape index (κ1) is 17.9. The maximum atomic E-state index is 12.5. The van der Waals surface area contributed by atoms with Crippen molar-refractivity contribution in [2.24, 2.45) is 5.92 Å². The molecule has 0 spiro atoms. The molecule has 2 aliphatic heterocycles. The maximum absolute atomic E-state index is 12.5. The number of amides is 1. The third kappa shape index (κ3) is 4.83. The zero-order chi connectivity index (χ0) is 16.9. The van der Waals surface area contributed by atoms with E-state index in [0.29, 0.717) is 0 Å². The van der Waals surface area contributed by atoms with E-state index in [1.165, 1.54) is 23.1 Å². The van der Waals surface area contributed by atoms with Crippen molar-refractivity contribution >= 4 is 34.1 Å². The van der Waals surface area contributed by atoms with Crippen molar-refractivity contribution in [2.75, 3.05) is 31.6 Å². The van der Waals surface area contributed by atoms with Gasteiger partial charge in [-0.15, -0.1) is 10.2 Å². The number of nitrogens with one attached hydrogen (secondary N) is 1. The standard InChI is InChI=1S/C16H26N4O2S2/c1-11-5-7-20(8-6-11)14(21)12(2)23-16-19-18-15(24-16)17-10-13-4-3-9-22-13/h11-13H,3-10H2,1-2H3,(H,17,18). The van der Waals surface area contributed by atoms with Gasteiger partial charge in [-0.05, 0) is 38.5 Å². The number of nitrogens with zero attached hydrogens (tertiary/aromatic N) is 3. The molecule has 3 heterocycles. The number of aromatic nitrogens is 2. The van der Waals surface area contributed by atoms with Gasteiger partial charge >= 0.3 is 0 Å². The number of anilines is 1. The summed E-state index contributed by atoms with van der Waals surface area (Å²) in [5.41, 5.74) is 0. The van der Waals surface area contributed by atoms with Crippen LogP contribution in [0.3, 0.4) is 0 Å². The minimum absolute atomic E-state index is 0.114. The van der Waals surface area contributed by atoms with Crippen molar-refractivity contribution in [3.05, 3.63) is 0 Å². The molecule has 0 radical (unpaired) electrons. The largest absolute Gasteiger partial charge is 0.376 e. The number of likely N-dealkylation sites (tertiary alicyclic amines) is 1. The lowest BCUT2D eigenvalue weighted by molar-refractivity contribution is -0.131. The zero-order valence-corrected chi connectivity index (χ0v) is 16.0. The van der Waals surface area contributed by atoms with Gasteiger partial charge in [0, 0.05) is 26.2 Å². The highest BCUT2D eigenvalue weighted by Crippen LogP contribution is 2.30. The summed E-state index contributed by atoms with van der Waals surface area (Å²) in [6.07, 6.45) is 4.75. The van der Waals surface area contributed by atoms with Gasteiger partial charge in [-0.3, -0.25) is 4.79 Å². The molecule has 0 saturated carbocycles. The van der Waals surface area contributed by atoms with Crippen molar-refractivity contribution in [1.29, 1.82) is 0 Å². The summed E-state index contributed by atoms with van der Waals surface area (Å²) in [6.45, 7) is 7.63. The molecule has 2 atom stereocenters. The van der Waals surface area contributed by atoms with Crippen LogP contribution in [0.2, 0.25) is 0 Å². The number of piperidine rings is 1. The van der Waals surface area contributed by atoms with E-state index in [1.54, 1.807) is 0 Å². The molecule has 0 bridgehead atoms. The molecular weight excluding hydrogens is 344 g/mol. The average molecular weight is 371 g/mol. The quantitative estimate of drug-likeness (QED) is 0.777. The van der Waals surface area contributed by atoms with Crippen molar-refractivity contribution < 1.29 is 9.53 Å². The number of hydrogen-bond donors (Lipinski definition) is 1. The Bertz CT molecular complexity index is 540. The first-order valence-corrected chi connectivity index (χ1v) is 10.5. The molecule has 24 heavy (non-hydrogen) atoms. The Hall–Kier alpha value is -0.860. The van der Waals surface area contributed by atoms with E-state index in [1.807, 2.05) is 11.8 Å². The first-order valence-electron chi connectivity index (χ1n) is 8.76. The lowest BCUT2D eigenvalue weighted by Crippen LogP contribution is -2.41. The van der Waals surface area contributed by atoms with Crippen LogP contribution in [0.15, 0.2) is 4.34 Å². The minimum Gasteiger partial charge on any atom is -0.376 e. The van der Waals surface area contributed by atoms with Gasteiger partial charge in [0.1, 0.15) is 0 Å². The Morgan fingerprint density at radius 3 is 2.92 bits per heavy atom. The van der Waals surface area contributed by atoms with Crippen LogP contribution in [0.1, 0.15) is 39.5 Å². The molecule has 8 heteroatoms. The number of carbonyl (C=O) groups excluding carboxylic acids is 1. The van der Waals surface area contributed by atoms with Gasteiger partial charge in [-0.1, -0.05) is 30.0 Å². The van der Waals surface area contributed by atoms with E-state index < -0.39 is 0 Å². The number of thioether (sulfide) groups is 1. The zero-order valence-electron chi connectivity index (χ0n) is 14.4. The molecule has 134 valence electrons. The number of ether oxygens (including phenoxy) is 1. The second-order valence-corrected chi connectivity index (χ2v) is 9.22. The van der Waals surface area contributed by atoms with Crippen LogP contribution in [0.4, 0.5) is 5.13 Å².